The summed E-state index contributed by atoms with van der Waals surface area (Å²) in [5.74, 6) is 0.646. The van der Waals surface area contributed by atoms with Gasteiger partial charge in [0.2, 0.25) is 5.95 Å². The van der Waals surface area contributed by atoms with Crippen LogP contribution in [0.1, 0.15) is 0 Å². The van der Waals surface area contributed by atoms with Gasteiger partial charge in [-0.3, -0.25) is 4.57 Å². The molecule has 0 radical (unpaired) electrons. The fourth-order valence-electron chi connectivity index (χ4n) is 2.43. The maximum Gasteiger partial charge on any atom is 0.235 e. The van der Waals surface area contributed by atoms with Crippen LogP contribution in [0.3, 0.4) is 0 Å². The van der Waals surface area contributed by atoms with Crippen LogP contribution in [0.4, 0.5) is 0 Å². The predicted octanol–water partition coefficient (Wildman–Crippen LogP) is 3.57. The molecule has 0 aliphatic heterocycles. The quantitative estimate of drug-likeness (QED) is 0.480. The van der Waals surface area contributed by atoms with E-state index in [-0.39, 0.29) is 0 Å². The van der Waals surface area contributed by atoms with E-state index in [9.17, 15) is 0 Å². The fraction of sp³-hybridized carbons (Fsp3) is 0. The number of aromatic nitrogens is 4. The Morgan fingerprint density at radius 2 is 1.65 bits per heavy atom. The summed E-state index contributed by atoms with van der Waals surface area (Å²) in [6.45, 7) is 0. The molecular weight excluding hydrogens is 363 g/mol. The molecule has 0 saturated carbocycles. The minimum absolute atomic E-state index is 0.646. The lowest BCUT2D eigenvalue weighted by molar-refractivity contribution is 0.975. The number of hydrogen-bond acceptors (Lipinski definition) is 3. The van der Waals surface area contributed by atoms with Crippen LogP contribution in [0.15, 0.2) is 55.0 Å². The Labute approximate surface area is 128 Å². The number of rotatable bonds is 1. The summed E-state index contributed by atoms with van der Waals surface area (Å²) in [6.07, 6.45) is 5.29. The Morgan fingerprint density at radius 3 is 2.50 bits per heavy atom. The van der Waals surface area contributed by atoms with Gasteiger partial charge >= 0.3 is 0 Å². The second-order valence-corrected chi connectivity index (χ2v) is 5.67. The molecule has 3 heterocycles. The lowest BCUT2D eigenvalue weighted by atomic mass is 10.2. The molecule has 5 heteroatoms. The third-order valence-corrected chi connectivity index (χ3v) is 3.91. The van der Waals surface area contributed by atoms with Gasteiger partial charge in [-0.15, -0.1) is 0 Å². The van der Waals surface area contributed by atoms with E-state index in [1.54, 1.807) is 18.6 Å². The van der Waals surface area contributed by atoms with Crippen molar-refractivity contribution in [3.05, 3.63) is 58.6 Å². The fourth-order valence-corrected chi connectivity index (χ4v) is 2.92. The summed E-state index contributed by atoms with van der Waals surface area (Å²) in [6, 6.07) is 12.2. The molecule has 4 nitrogen and oxygen atoms in total. The minimum Gasteiger partial charge on any atom is -0.262 e. The van der Waals surface area contributed by atoms with Crippen molar-refractivity contribution in [2.75, 3.05) is 0 Å². The lowest BCUT2D eigenvalue weighted by Gasteiger charge is -2.03. The van der Waals surface area contributed by atoms with Crippen LogP contribution < -0.4 is 0 Å². The first-order valence-electron chi connectivity index (χ1n) is 6.17. The van der Waals surface area contributed by atoms with Gasteiger partial charge in [-0.1, -0.05) is 0 Å². The average molecular weight is 372 g/mol. The molecule has 0 spiro atoms. The van der Waals surface area contributed by atoms with Gasteiger partial charge in [-0.2, -0.15) is 0 Å². The highest BCUT2D eigenvalue weighted by Gasteiger charge is 2.14. The first-order valence-corrected chi connectivity index (χ1v) is 7.24. The van der Waals surface area contributed by atoms with Gasteiger partial charge in [0.15, 0.2) is 0 Å². The van der Waals surface area contributed by atoms with Crippen LogP contribution in [-0.4, -0.2) is 19.5 Å². The first kappa shape index (κ1) is 11.8. The highest BCUT2D eigenvalue weighted by atomic mass is 127. The molecule has 0 atom stereocenters. The van der Waals surface area contributed by atoms with Crippen LogP contribution in [0, 0.1) is 3.57 Å². The monoisotopic (exact) mass is 372 g/mol. The van der Waals surface area contributed by atoms with Gasteiger partial charge in [0, 0.05) is 32.9 Å². The molecule has 0 fully saturated rings. The van der Waals surface area contributed by atoms with Gasteiger partial charge < -0.3 is 0 Å². The van der Waals surface area contributed by atoms with Crippen LogP contribution in [-0.2, 0) is 0 Å². The number of hydrogen-bond donors (Lipinski definition) is 0. The smallest absolute Gasteiger partial charge is 0.235 e. The number of halogens is 1. The SMILES string of the molecule is Ic1ccc2c(c1)c1cccnc1n2-c1ncccn1. The Hall–Kier alpha value is -2.02. The molecule has 1 aromatic carbocycles. The highest BCUT2D eigenvalue weighted by Crippen LogP contribution is 2.30. The zero-order valence-electron chi connectivity index (χ0n) is 10.4. The summed E-state index contributed by atoms with van der Waals surface area (Å²) in [4.78, 5) is 13.2. The summed E-state index contributed by atoms with van der Waals surface area (Å²) < 4.78 is 3.20. The van der Waals surface area contributed by atoms with E-state index in [0.29, 0.717) is 5.95 Å². The van der Waals surface area contributed by atoms with Crippen LogP contribution >= 0.6 is 22.6 Å². The van der Waals surface area contributed by atoms with E-state index in [1.807, 2.05) is 16.7 Å². The molecule has 96 valence electrons. The van der Waals surface area contributed by atoms with Crippen molar-refractivity contribution in [3.63, 3.8) is 0 Å². The molecule has 3 aromatic heterocycles. The summed E-state index contributed by atoms with van der Waals surface area (Å²) >= 11 is 2.32. The van der Waals surface area contributed by atoms with Crippen molar-refractivity contribution in [1.82, 2.24) is 19.5 Å². The van der Waals surface area contributed by atoms with Crippen molar-refractivity contribution >= 4 is 44.5 Å². The molecule has 4 rings (SSSR count). The van der Waals surface area contributed by atoms with Gasteiger partial charge in [0.1, 0.15) is 5.65 Å². The molecule has 0 aliphatic rings. The molecule has 0 saturated heterocycles. The molecular formula is C15H9IN4. The van der Waals surface area contributed by atoms with E-state index in [4.69, 9.17) is 0 Å². The van der Waals surface area contributed by atoms with E-state index < -0.39 is 0 Å². The number of nitrogens with zero attached hydrogens (tertiary/aromatic N) is 4. The van der Waals surface area contributed by atoms with Crippen molar-refractivity contribution < 1.29 is 0 Å². The zero-order valence-corrected chi connectivity index (χ0v) is 12.5. The highest BCUT2D eigenvalue weighted by molar-refractivity contribution is 14.1. The van der Waals surface area contributed by atoms with Crippen molar-refractivity contribution in [2.45, 2.75) is 0 Å². The Bertz CT molecular complexity index is 915. The summed E-state index contributed by atoms with van der Waals surface area (Å²) in [5, 5.41) is 2.29. The zero-order chi connectivity index (χ0) is 13.5. The normalized spacial score (nSPS) is 11.2. The molecule has 4 aromatic rings. The molecule has 0 bridgehead atoms. The van der Waals surface area contributed by atoms with E-state index >= 15 is 0 Å². The van der Waals surface area contributed by atoms with Crippen LogP contribution in [0.2, 0.25) is 0 Å². The van der Waals surface area contributed by atoms with E-state index in [1.165, 1.54) is 8.96 Å². The largest absolute Gasteiger partial charge is 0.262 e. The van der Waals surface area contributed by atoms with E-state index in [2.05, 4.69) is 61.8 Å². The number of benzene rings is 1. The maximum absolute atomic E-state index is 4.50. The standard InChI is InChI=1S/C15H9IN4/c16-10-4-5-13-12(9-10)11-3-1-6-17-14(11)20(13)15-18-7-2-8-19-15/h1-9H. The molecule has 0 N–H and O–H groups in total. The van der Waals surface area contributed by atoms with Crippen molar-refractivity contribution in [1.29, 1.82) is 0 Å². The van der Waals surface area contributed by atoms with Gasteiger partial charge in [-0.25, -0.2) is 15.0 Å². The number of fused-ring (bicyclic) bond motifs is 3. The van der Waals surface area contributed by atoms with Gasteiger partial charge in [-0.05, 0) is 59.0 Å². The molecule has 0 amide bonds. The second kappa shape index (κ2) is 4.52. The molecule has 0 aliphatic carbocycles. The second-order valence-electron chi connectivity index (χ2n) is 4.42. The van der Waals surface area contributed by atoms with Crippen molar-refractivity contribution in [2.24, 2.45) is 0 Å². The molecule has 20 heavy (non-hydrogen) atoms. The summed E-state index contributed by atoms with van der Waals surface area (Å²) in [5.41, 5.74) is 1.96. The number of pyridine rings is 1. The topological polar surface area (TPSA) is 43.6 Å². The Balaban J connectivity index is 2.22. The minimum atomic E-state index is 0.646. The maximum atomic E-state index is 4.50. The Morgan fingerprint density at radius 1 is 0.850 bits per heavy atom. The van der Waals surface area contributed by atoms with Gasteiger partial charge in [0.25, 0.3) is 0 Å². The summed E-state index contributed by atoms with van der Waals surface area (Å²) in [7, 11) is 0. The van der Waals surface area contributed by atoms with Gasteiger partial charge in [0.05, 0.1) is 5.52 Å². The van der Waals surface area contributed by atoms with Crippen LogP contribution in [0.25, 0.3) is 27.9 Å². The Kier molecular flexibility index (Phi) is 2.66. The third kappa shape index (κ3) is 1.70. The third-order valence-electron chi connectivity index (χ3n) is 3.24. The van der Waals surface area contributed by atoms with Crippen molar-refractivity contribution in [3.8, 4) is 5.95 Å². The van der Waals surface area contributed by atoms with E-state index in [0.717, 1.165) is 16.6 Å². The first-order chi connectivity index (χ1) is 9.84. The predicted molar refractivity (Wildman–Crippen MR) is 86.9 cm³/mol. The molecule has 0 unspecified atom stereocenters. The lowest BCUT2D eigenvalue weighted by Crippen LogP contribution is -2.00. The average Bonchev–Trinajstić information content (AvgIpc) is 2.82. The van der Waals surface area contributed by atoms with Crippen LogP contribution in [0.5, 0.6) is 0 Å².